The summed E-state index contributed by atoms with van der Waals surface area (Å²) >= 11 is 0. The van der Waals surface area contributed by atoms with E-state index in [1.165, 1.54) is 0 Å². The molecule has 31 heavy (non-hydrogen) atoms. The molecule has 2 heterocycles. The van der Waals surface area contributed by atoms with Crippen molar-refractivity contribution in [1.82, 2.24) is 10.0 Å². The molecule has 1 amide bonds. The lowest BCUT2D eigenvalue weighted by atomic mass is 10.0. The highest BCUT2D eigenvalue weighted by Crippen LogP contribution is 2.25. The molecule has 4 rings (SSSR count). The minimum absolute atomic E-state index is 0.0991. The fourth-order valence-electron chi connectivity index (χ4n) is 4.17. The van der Waals surface area contributed by atoms with Crippen molar-refractivity contribution in [2.45, 2.75) is 42.7 Å². The third kappa shape index (κ3) is 5.44. The van der Waals surface area contributed by atoms with Gasteiger partial charge < -0.3 is 15.0 Å². The highest BCUT2D eigenvalue weighted by Gasteiger charge is 2.26. The van der Waals surface area contributed by atoms with Crippen LogP contribution in [0.1, 0.15) is 36.0 Å². The van der Waals surface area contributed by atoms with Gasteiger partial charge in [0.2, 0.25) is 10.0 Å². The first kappa shape index (κ1) is 21.8. The first-order valence-corrected chi connectivity index (χ1v) is 12.3. The summed E-state index contributed by atoms with van der Waals surface area (Å²) in [6.45, 7) is 2.65. The Hall–Kier alpha value is -2.42. The van der Waals surface area contributed by atoms with E-state index in [4.69, 9.17) is 4.74 Å². The first-order chi connectivity index (χ1) is 15.0. The molecule has 0 unspecified atom stereocenters. The second-order valence-electron chi connectivity index (χ2n) is 8.06. The number of para-hydroxylation sites is 1. The average Bonchev–Trinajstić information content (AvgIpc) is 3.32. The third-order valence-corrected chi connectivity index (χ3v) is 7.41. The van der Waals surface area contributed by atoms with E-state index in [-0.39, 0.29) is 22.9 Å². The SMILES string of the molecule is O=C(NC[C@@H]1CCCO1)c1ccccc1N1CCC(NS(=O)(=O)c2ccccc2)CC1. The Morgan fingerprint density at radius 3 is 2.42 bits per heavy atom. The number of amides is 1. The normalized spacial score (nSPS) is 20.0. The van der Waals surface area contributed by atoms with Crippen molar-refractivity contribution in [3.8, 4) is 0 Å². The Morgan fingerprint density at radius 2 is 1.71 bits per heavy atom. The van der Waals surface area contributed by atoms with Crippen LogP contribution >= 0.6 is 0 Å². The number of sulfonamides is 1. The zero-order valence-electron chi connectivity index (χ0n) is 17.5. The Labute approximate surface area is 183 Å². The van der Waals surface area contributed by atoms with Crippen molar-refractivity contribution in [3.05, 3.63) is 60.2 Å². The van der Waals surface area contributed by atoms with Gasteiger partial charge in [-0.25, -0.2) is 13.1 Å². The van der Waals surface area contributed by atoms with Gasteiger partial charge in [0.05, 0.1) is 16.6 Å². The summed E-state index contributed by atoms with van der Waals surface area (Å²) in [5.41, 5.74) is 1.53. The van der Waals surface area contributed by atoms with Gasteiger partial charge >= 0.3 is 0 Å². The zero-order valence-corrected chi connectivity index (χ0v) is 18.3. The van der Waals surface area contributed by atoms with Crippen molar-refractivity contribution in [2.24, 2.45) is 0 Å². The van der Waals surface area contributed by atoms with Crippen molar-refractivity contribution >= 4 is 21.6 Å². The molecule has 0 spiro atoms. The summed E-state index contributed by atoms with van der Waals surface area (Å²) in [6, 6.07) is 15.9. The van der Waals surface area contributed by atoms with Crippen LogP contribution in [0.25, 0.3) is 0 Å². The van der Waals surface area contributed by atoms with Crippen LogP contribution in [-0.4, -0.2) is 52.7 Å². The number of hydrogen-bond acceptors (Lipinski definition) is 5. The second kappa shape index (κ2) is 9.80. The summed E-state index contributed by atoms with van der Waals surface area (Å²) in [5.74, 6) is -0.0991. The largest absolute Gasteiger partial charge is 0.376 e. The molecule has 0 aromatic heterocycles. The van der Waals surface area contributed by atoms with E-state index < -0.39 is 10.0 Å². The Morgan fingerprint density at radius 1 is 1.00 bits per heavy atom. The van der Waals surface area contributed by atoms with Crippen LogP contribution in [0.2, 0.25) is 0 Å². The minimum atomic E-state index is -3.52. The molecule has 2 fully saturated rings. The van der Waals surface area contributed by atoms with Gasteiger partial charge in [0.1, 0.15) is 0 Å². The Kier molecular flexibility index (Phi) is 6.89. The molecular formula is C23H29N3O4S. The van der Waals surface area contributed by atoms with Crippen molar-refractivity contribution in [1.29, 1.82) is 0 Å². The molecule has 2 aromatic carbocycles. The van der Waals surface area contributed by atoms with E-state index in [2.05, 4.69) is 14.9 Å². The lowest BCUT2D eigenvalue weighted by Gasteiger charge is -2.34. The van der Waals surface area contributed by atoms with Crippen molar-refractivity contribution in [3.63, 3.8) is 0 Å². The monoisotopic (exact) mass is 443 g/mol. The summed E-state index contributed by atoms with van der Waals surface area (Å²) in [5, 5.41) is 3.00. The van der Waals surface area contributed by atoms with Crippen LogP contribution in [0.5, 0.6) is 0 Å². The predicted molar refractivity (Wildman–Crippen MR) is 120 cm³/mol. The highest BCUT2D eigenvalue weighted by atomic mass is 32.2. The molecule has 0 saturated carbocycles. The molecule has 0 aliphatic carbocycles. The van der Waals surface area contributed by atoms with E-state index in [1.807, 2.05) is 24.3 Å². The van der Waals surface area contributed by atoms with Gasteiger partial charge in [-0.05, 0) is 49.9 Å². The van der Waals surface area contributed by atoms with Gasteiger partial charge in [0.25, 0.3) is 5.91 Å². The van der Waals surface area contributed by atoms with Gasteiger partial charge in [-0.1, -0.05) is 30.3 Å². The number of hydrogen-bond donors (Lipinski definition) is 2. The summed E-state index contributed by atoms with van der Waals surface area (Å²) in [7, 11) is -3.52. The van der Waals surface area contributed by atoms with E-state index >= 15 is 0 Å². The lowest BCUT2D eigenvalue weighted by molar-refractivity contribution is 0.0858. The zero-order chi connectivity index (χ0) is 21.7. The molecular weight excluding hydrogens is 414 g/mol. The van der Waals surface area contributed by atoms with Crippen LogP contribution in [0.15, 0.2) is 59.5 Å². The first-order valence-electron chi connectivity index (χ1n) is 10.8. The maximum Gasteiger partial charge on any atom is 0.253 e. The fourth-order valence-corrected chi connectivity index (χ4v) is 5.50. The molecule has 2 aliphatic heterocycles. The summed E-state index contributed by atoms with van der Waals surface area (Å²) in [6.07, 6.45) is 3.48. The van der Waals surface area contributed by atoms with E-state index in [9.17, 15) is 13.2 Å². The average molecular weight is 444 g/mol. The topological polar surface area (TPSA) is 87.7 Å². The van der Waals surface area contributed by atoms with Gasteiger partial charge in [-0.3, -0.25) is 4.79 Å². The summed E-state index contributed by atoms with van der Waals surface area (Å²) < 4.78 is 33.6. The number of benzene rings is 2. The maximum absolute atomic E-state index is 12.8. The fraction of sp³-hybridized carbons (Fsp3) is 0.435. The molecule has 2 N–H and O–H groups in total. The number of piperidine rings is 1. The third-order valence-electron chi connectivity index (χ3n) is 5.87. The molecule has 8 heteroatoms. The molecule has 2 aliphatic rings. The Bertz CT molecular complexity index is 983. The molecule has 7 nitrogen and oxygen atoms in total. The van der Waals surface area contributed by atoms with Crippen LogP contribution in [-0.2, 0) is 14.8 Å². The van der Waals surface area contributed by atoms with Crippen LogP contribution in [0.3, 0.4) is 0 Å². The van der Waals surface area contributed by atoms with Crippen LogP contribution in [0, 0.1) is 0 Å². The smallest absolute Gasteiger partial charge is 0.253 e. The number of carbonyl (C=O) groups is 1. The minimum Gasteiger partial charge on any atom is -0.376 e. The number of nitrogens with one attached hydrogen (secondary N) is 2. The molecule has 166 valence electrons. The second-order valence-corrected chi connectivity index (χ2v) is 9.77. The lowest BCUT2D eigenvalue weighted by Crippen LogP contribution is -2.45. The van der Waals surface area contributed by atoms with E-state index in [1.54, 1.807) is 30.3 Å². The number of anilines is 1. The van der Waals surface area contributed by atoms with Crippen LogP contribution in [0.4, 0.5) is 5.69 Å². The maximum atomic E-state index is 12.8. The summed E-state index contributed by atoms with van der Waals surface area (Å²) in [4.78, 5) is 15.2. The van der Waals surface area contributed by atoms with Crippen LogP contribution < -0.4 is 14.9 Å². The van der Waals surface area contributed by atoms with E-state index in [0.717, 1.165) is 25.1 Å². The Balaban J connectivity index is 1.36. The number of carbonyl (C=O) groups excluding carboxylic acids is 1. The number of nitrogens with zero attached hydrogens (tertiary/aromatic N) is 1. The van der Waals surface area contributed by atoms with Crippen molar-refractivity contribution < 1.29 is 17.9 Å². The predicted octanol–water partition coefficient (Wildman–Crippen LogP) is 2.54. The molecule has 0 bridgehead atoms. The van der Waals surface area contributed by atoms with Gasteiger partial charge in [-0.15, -0.1) is 0 Å². The molecule has 2 aromatic rings. The quantitative estimate of drug-likeness (QED) is 0.687. The van der Waals surface area contributed by atoms with Crippen molar-refractivity contribution in [2.75, 3.05) is 31.1 Å². The van der Waals surface area contributed by atoms with Gasteiger partial charge in [0, 0.05) is 38.0 Å². The molecule has 1 atom stereocenters. The van der Waals surface area contributed by atoms with Gasteiger partial charge in [0.15, 0.2) is 0 Å². The highest BCUT2D eigenvalue weighted by molar-refractivity contribution is 7.89. The molecule has 0 radical (unpaired) electrons. The van der Waals surface area contributed by atoms with Gasteiger partial charge in [-0.2, -0.15) is 0 Å². The standard InChI is InChI=1S/C23H29N3O4S/c27-23(24-17-19-7-6-16-30-19)21-10-4-5-11-22(21)26-14-12-18(13-15-26)25-31(28,29)20-8-2-1-3-9-20/h1-5,8-11,18-19,25H,6-7,12-17H2,(H,24,27)/t19-/m0/s1. The molecule has 2 saturated heterocycles. The number of ether oxygens (including phenoxy) is 1. The van der Waals surface area contributed by atoms with E-state index in [0.29, 0.717) is 38.0 Å². The number of rotatable bonds is 7.